The fraction of sp³-hybridized carbons (Fsp3) is 0.0943. The van der Waals surface area contributed by atoms with Crippen molar-refractivity contribution < 1.29 is 5.11 Å². The van der Waals surface area contributed by atoms with Crippen molar-refractivity contribution in [2.24, 2.45) is 7.05 Å². The van der Waals surface area contributed by atoms with Crippen LogP contribution in [0.1, 0.15) is 26.3 Å². The van der Waals surface area contributed by atoms with E-state index in [2.05, 4.69) is 169 Å². The van der Waals surface area contributed by atoms with Gasteiger partial charge in [-0.3, -0.25) is 4.98 Å². The first-order chi connectivity index (χ1) is 28.2. The lowest BCUT2D eigenvalue weighted by Crippen LogP contribution is -2.11. The van der Waals surface area contributed by atoms with Crippen LogP contribution in [0.4, 0.5) is 0 Å². The SMILES string of the molecule is Cn1c(-c2ccccc2O)nc2c(-c3cc(-c4cc(-c5cccc6c7ccccc7n(-c7ccccc7)c56)ccn4)cc(C(C)(C)C)c3)cc(-c3ccccc3)cc21. The molecule has 7 aromatic carbocycles. The number of phenols is 1. The van der Waals surface area contributed by atoms with E-state index in [0.29, 0.717) is 11.4 Å². The van der Waals surface area contributed by atoms with Crippen molar-refractivity contribution in [2.45, 2.75) is 26.2 Å². The largest absolute Gasteiger partial charge is 0.507 e. The molecule has 0 bridgehead atoms. The highest BCUT2D eigenvalue weighted by molar-refractivity contribution is 6.14. The van der Waals surface area contributed by atoms with Gasteiger partial charge < -0.3 is 14.2 Å². The van der Waals surface area contributed by atoms with Gasteiger partial charge in [-0.05, 0) is 100.0 Å². The summed E-state index contributed by atoms with van der Waals surface area (Å²) in [4.78, 5) is 10.3. The first kappa shape index (κ1) is 35.2. The minimum absolute atomic E-state index is 0.147. The zero-order valence-corrected chi connectivity index (χ0v) is 33.0. The number of aromatic hydroxyl groups is 1. The smallest absolute Gasteiger partial charge is 0.144 e. The van der Waals surface area contributed by atoms with Gasteiger partial charge in [0, 0.05) is 46.4 Å². The normalized spacial score (nSPS) is 11.9. The quantitative estimate of drug-likeness (QED) is 0.184. The molecule has 3 heterocycles. The number of hydrogen-bond donors (Lipinski definition) is 1. The van der Waals surface area contributed by atoms with Gasteiger partial charge in [0.1, 0.15) is 11.6 Å². The first-order valence-corrected chi connectivity index (χ1v) is 19.8. The highest BCUT2D eigenvalue weighted by Gasteiger charge is 2.23. The lowest BCUT2D eigenvalue weighted by atomic mass is 9.83. The molecule has 5 heteroatoms. The molecule has 10 aromatic rings. The maximum atomic E-state index is 10.9. The topological polar surface area (TPSA) is 55.9 Å². The van der Waals surface area contributed by atoms with Crippen LogP contribution in [-0.2, 0) is 12.5 Å². The number of aromatic nitrogens is 4. The number of nitrogens with zero attached hydrogens (tertiary/aromatic N) is 4. The minimum atomic E-state index is -0.147. The summed E-state index contributed by atoms with van der Waals surface area (Å²) < 4.78 is 4.48. The summed E-state index contributed by atoms with van der Waals surface area (Å²) in [5, 5.41) is 13.4. The predicted molar refractivity (Wildman–Crippen MR) is 240 cm³/mol. The average molecular weight is 751 g/mol. The molecule has 0 amide bonds. The van der Waals surface area contributed by atoms with Crippen molar-refractivity contribution in [3.63, 3.8) is 0 Å². The molecule has 0 saturated heterocycles. The Balaban J connectivity index is 1.19. The maximum Gasteiger partial charge on any atom is 0.144 e. The number of fused-ring (bicyclic) bond motifs is 4. The van der Waals surface area contributed by atoms with E-state index in [4.69, 9.17) is 9.97 Å². The van der Waals surface area contributed by atoms with Crippen LogP contribution in [-0.4, -0.2) is 24.2 Å². The van der Waals surface area contributed by atoms with Crippen LogP contribution in [0.5, 0.6) is 5.75 Å². The highest BCUT2D eigenvalue weighted by Crippen LogP contribution is 2.42. The van der Waals surface area contributed by atoms with Crippen molar-refractivity contribution in [1.29, 1.82) is 0 Å². The number of imidazole rings is 1. The van der Waals surface area contributed by atoms with E-state index >= 15 is 0 Å². The van der Waals surface area contributed by atoms with E-state index in [0.717, 1.165) is 61.4 Å². The van der Waals surface area contributed by atoms with Gasteiger partial charge in [0.2, 0.25) is 0 Å². The minimum Gasteiger partial charge on any atom is -0.507 e. The monoisotopic (exact) mass is 750 g/mol. The number of rotatable bonds is 6. The van der Waals surface area contributed by atoms with Crippen LogP contribution >= 0.6 is 0 Å². The van der Waals surface area contributed by atoms with Gasteiger partial charge in [-0.2, -0.15) is 0 Å². The number of benzene rings is 7. The van der Waals surface area contributed by atoms with Crippen molar-refractivity contribution in [3.05, 3.63) is 182 Å². The Morgan fingerprint density at radius 2 is 1.21 bits per heavy atom. The molecule has 0 aliphatic rings. The Morgan fingerprint density at radius 1 is 0.517 bits per heavy atom. The van der Waals surface area contributed by atoms with Crippen molar-refractivity contribution in [2.75, 3.05) is 0 Å². The van der Waals surface area contributed by atoms with Crippen molar-refractivity contribution in [1.82, 2.24) is 19.1 Å². The number of para-hydroxylation sites is 4. The average Bonchev–Trinajstić information content (AvgIpc) is 3.78. The Labute approximate surface area is 338 Å². The third-order valence-electron chi connectivity index (χ3n) is 11.4. The molecule has 58 heavy (non-hydrogen) atoms. The van der Waals surface area contributed by atoms with E-state index in [1.54, 1.807) is 6.07 Å². The van der Waals surface area contributed by atoms with Crippen molar-refractivity contribution >= 4 is 32.8 Å². The van der Waals surface area contributed by atoms with Crippen LogP contribution in [0.25, 0.3) is 94.6 Å². The summed E-state index contributed by atoms with van der Waals surface area (Å²) in [7, 11) is 2.03. The fourth-order valence-electron chi connectivity index (χ4n) is 8.43. The number of hydrogen-bond acceptors (Lipinski definition) is 3. The zero-order valence-electron chi connectivity index (χ0n) is 33.0. The summed E-state index contributed by atoms with van der Waals surface area (Å²) in [5.41, 5.74) is 15.6. The van der Waals surface area contributed by atoms with Crippen LogP contribution in [0.2, 0.25) is 0 Å². The highest BCUT2D eigenvalue weighted by atomic mass is 16.3. The lowest BCUT2D eigenvalue weighted by Gasteiger charge is -2.22. The summed E-state index contributed by atoms with van der Waals surface area (Å²) in [6.45, 7) is 6.78. The second kappa shape index (κ2) is 13.7. The fourth-order valence-corrected chi connectivity index (χ4v) is 8.43. The molecule has 5 nitrogen and oxygen atoms in total. The Hall–Kier alpha value is -7.24. The summed E-state index contributed by atoms with van der Waals surface area (Å²) >= 11 is 0. The van der Waals surface area contributed by atoms with Gasteiger partial charge in [-0.1, -0.05) is 124 Å². The summed E-state index contributed by atoms with van der Waals surface area (Å²) in [6.07, 6.45) is 1.94. The molecule has 0 radical (unpaired) electrons. The van der Waals surface area contributed by atoms with E-state index in [1.807, 2.05) is 37.5 Å². The molecule has 10 rings (SSSR count). The summed E-state index contributed by atoms with van der Waals surface area (Å²) in [5.74, 6) is 0.914. The van der Waals surface area contributed by atoms with Gasteiger partial charge in [0.15, 0.2) is 0 Å². The third kappa shape index (κ3) is 5.95. The molecule has 0 atom stereocenters. The van der Waals surface area contributed by atoms with Gasteiger partial charge in [0.25, 0.3) is 0 Å². The van der Waals surface area contributed by atoms with Crippen LogP contribution in [0, 0.1) is 0 Å². The molecule has 1 N–H and O–H groups in total. The van der Waals surface area contributed by atoms with Crippen LogP contribution in [0.15, 0.2) is 176 Å². The van der Waals surface area contributed by atoms with Gasteiger partial charge in [0.05, 0.1) is 33.3 Å². The predicted octanol–water partition coefficient (Wildman–Crippen LogP) is 13.4. The molecule has 0 fully saturated rings. The third-order valence-corrected chi connectivity index (χ3v) is 11.4. The van der Waals surface area contributed by atoms with Crippen LogP contribution < -0.4 is 0 Å². The second-order valence-corrected chi connectivity index (χ2v) is 16.1. The molecule has 3 aromatic heterocycles. The van der Waals surface area contributed by atoms with E-state index in [-0.39, 0.29) is 11.2 Å². The molecule has 0 unspecified atom stereocenters. The number of pyridine rings is 1. The molecule has 0 aliphatic heterocycles. The van der Waals surface area contributed by atoms with E-state index < -0.39 is 0 Å². The van der Waals surface area contributed by atoms with Crippen LogP contribution in [0.3, 0.4) is 0 Å². The molecular formula is C53H42N4O. The number of phenolic OH excluding ortho intramolecular Hbond substituents is 1. The first-order valence-electron chi connectivity index (χ1n) is 19.8. The zero-order chi connectivity index (χ0) is 39.5. The molecule has 0 spiro atoms. The number of aryl methyl sites for hydroxylation is 1. The van der Waals surface area contributed by atoms with Gasteiger partial charge in [-0.25, -0.2) is 4.98 Å². The molecule has 0 saturated carbocycles. The standard InChI is InChI=1S/C53H42N4O/c1-53(2,3)39-29-37(45-31-36(34-16-7-5-8-17-34)33-48-50(45)55-52(56(48)4)44-21-12-14-25-49(44)58)28-38(30-39)46-32-35(26-27-54-46)41-22-15-23-43-42-20-11-13-24-47(42)57(51(41)43)40-18-9-6-10-19-40/h5-33,58H,1-4H3. The van der Waals surface area contributed by atoms with Gasteiger partial charge in [-0.15, -0.1) is 0 Å². The Morgan fingerprint density at radius 3 is 2.00 bits per heavy atom. The lowest BCUT2D eigenvalue weighted by molar-refractivity contribution is 0.476. The molecule has 0 aliphatic carbocycles. The van der Waals surface area contributed by atoms with E-state index in [9.17, 15) is 5.11 Å². The Kier molecular flexibility index (Phi) is 8.34. The van der Waals surface area contributed by atoms with Gasteiger partial charge >= 0.3 is 0 Å². The maximum absolute atomic E-state index is 10.9. The molecule has 280 valence electrons. The van der Waals surface area contributed by atoms with Crippen molar-refractivity contribution in [3.8, 4) is 67.5 Å². The Bertz CT molecular complexity index is 3170. The summed E-state index contributed by atoms with van der Waals surface area (Å²) in [6, 6.07) is 59.5. The molecular weight excluding hydrogens is 709 g/mol. The second-order valence-electron chi connectivity index (χ2n) is 16.1. The van der Waals surface area contributed by atoms with E-state index in [1.165, 1.54) is 27.4 Å².